The van der Waals surface area contributed by atoms with Crippen LogP contribution in [0.15, 0.2) is 18.2 Å². The Morgan fingerprint density at radius 2 is 2.11 bits per heavy atom. The SMILES string of the molecule is COCC(CNC(=O)c1cc(C)cc(N)c1)OC. The quantitative estimate of drug-likeness (QED) is 0.740. The summed E-state index contributed by atoms with van der Waals surface area (Å²) in [5.74, 6) is -0.163. The van der Waals surface area contributed by atoms with Gasteiger partial charge in [-0.2, -0.15) is 0 Å². The van der Waals surface area contributed by atoms with E-state index in [9.17, 15) is 4.79 Å². The summed E-state index contributed by atoms with van der Waals surface area (Å²) in [4.78, 5) is 11.9. The van der Waals surface area contributed by atoms with Crippen LogP contribution in [0.2, 0.25) is 0 Å². The molecule has 1 rings (SSSR count). The minimum atomic E-state index is -0.163. The summed E-state index contributed by atoms with van der Waals surface area (Å²) in [7, 11) is 3.18. The van der Waals surface area contributed by atoms with Gasteiger partial charge in [-0.3, -0.25) is 4.79 Å². The average Bonchev–Trinajstić information content (AvgIpc) is 2.32. The van der Waals surface area contributed by atoms with Gasteiger partial charge in [0.05, 0.1) is 12.7 Å². The third-order valence-electron chi connectivity index (χ3n) is 2.54. The highest BCUT2D eigenvalue weighted by molar-refractivity contribution is 5.95. The zero-order chi connectivity index (χ0) is 13.5. The number of carbonyl (C=O) groups is 1. The van der Waals surface area contributed by atoms with E-state index >= 15 is 0 Å². The first-order valence-corrected chi connectivity index (χ1v) is 5.74. The zero-order valence-corrected chi connectivity index (χ0v) is 11.0. The van der Waals surface area contributed by atoms with Gasteiger partial charge in [-0.1, -0.05) is 0 Å². The predicted molar refractivity (Wildman–Crippen MR) is 70.6 cm³/mol. The van der Waals surface area contributed by atoms with Crippen LogP contribution in [-0.2, 0) is 9.47 Å². The van der Waals surface area contributed by atoms with Gasteiger partial charge in [0.25, 0.3) is 5.91 Å². The minimum Gasteiger partial charge on any atom is -0.399 e. The number of hydrogen-bond donors (Lipinski definition) is 2. The van der Waals surface area contributed by atoms with Gasteiger partial charge in [0.1, 0.15) is 0 Å². The van der Waals surface area contributed by atoms with Gasteiger partial charge in [0.15, 0.2) is 0 Å². The number of rotatable bonds is 6. The first-order chi connectivity index (χ1) is 8.56. The molecule has 1 atom stereocenters. The van der Waals surface area contributed by atoms with Crippen molar-refractivity contribution < 1.29 is 14.3 Å². The number of benzene rings is 1. The van der Waals surface area contributed by atoms with Crippen molar-refractivity contribution in [3.05, 3.63) is 29.3 Å². The number of hydrogen-bond acceptors (Lipinski definition) is 4. The highest BCUT2D eigenvalue weighted by Crippen LogP contribution is 2.11. The van der Waals surface area contributed by atoms with E-state index in [1.165, 1.54) is 0 Å². The normalized spacial score (nSPS) is 12.2. The van der Waals surface area contributed by atoms with Crippen LogP contribution < -0.4 is 11.1 Å². The maximum Gasteiger partial charge on any atom is 0.251 e. The molecule has 100 valence electrons. The van der Waals surface area contributed by atoms with E-state index in [1.54, 1.807) is 26.4 Å². The number of anilines is 1. The molecule has 0 heterocycles. The third-order valence-corrected chi connectivity index (χ3v) is 2.54. The molecule has 0 spiro atoms. The van der Waals surface area contributed by atoms with Gasteiger partial charge in [-0.05, 0) is 30.7 Å². The molecule has 5 heteroatoms. The van der Waals surface area contributed by atoms with E-state index in [1.807, 2.05) is 13.0 Å². The Bertz CT molecular complexity index is 387. The molecule has 5 nitrogen and oxygen atoms in total. The zero-order valence-electron chi connectivity index (χ0n) is 11.0. The first kappa shape index (κ1) is 14.5. The molecule has 3 N–H and O–H groups in total. The van der Waals surface area contributed by atoms with Crippen LogP contribution in [0.4, 0.5) is 5.69 Å². The summed E-state index contributed by atoms with van der Waals surface area (Å²) >= 11 is 0. The van der Waals surface area contributed by atoms with Crippen LogP contribution in [0, 0.1) is 6.92 Å². The average molecular weight is 252 g/mol. The molecule has 0 radical (unpaired) electrons. The molecule has 0 aliphatic carbocycles. The van der Waals surface area contributed by atoms with Crippen molar-refractivity contribution in [1.29, 1.82) is 0 Å². The smallest absolute Gasteiger partial charge is 0.251 e. The minimum absolute atomic E-state index is 0.152. The van der Waals surface area contributed by atoms with Gasteiger partial charge in [0, 0.05) is 32.0 Å². The topological polar surface area (TPSA) is 73.6 Å². The summed E-state index contributed by atoms with van der Waals surface area (Å²) in [6.45, 7) is 2.74. The fourth-order valence-corrected chi connectivity index (χ4v) is 1.65. The van der Waals surface area contributed by atoms with Crippen LogP contribution in [0.5, 0.6) is 0 Å². The molecular weight excluding hydrogens is 232 g/mol. The molecule has 18 heavy (non-hydrogen) atoms. The highest BCUT2D eigenvalue weighted by atomic mass is 16.5. The molecule has 0 saturated heterocycles. The van der Waals surface area contributed by atoms with E-state index in [0.29, 0.717) is 24.4 Å². The molecule has 1 amide bonds. The Balaban J connectivity index is 2.59. The van der Waals surface area contributed by atoms with E-state index in [0.717, 1.165) is 5.56 Å². The Kier molecular flexibility index (Phi) is 5.61. The number of aryl methyl sites for hydroxylation is 1. The fraction of sp³-hybridized carbons (Fsp3) is 0.462. The van der Waals surface area contributed by atoms with Crippen LogP contribution in [0.3, 0.4) is 0 Å². The van der Waals surface area contributed by atoms with Crippen molar-refractivity contribution in [2.24, 2.45) is 0 Å². The lowest BCUT2D eigenvalue weighted by Crippen LogP contribution is -2.35. The summed E-state index contributed by atoms with van der Waals surface area (Å²) in [5, 5.41) is 2.79. The Morgan fingerprint density at radius 1 is 1.39 bits per heavy atom. The van der Waals surface area contributed by atoms with Crippen molar-refractivity contribution in [1.82, 2.24) is 5.32 Å². The largest absolute Gasteiger partial charge is 0.399 e. The molecule has 0 saturated carbocycles. The van der Waals surface area contributed by atoms with Crippen LogP contribution in [0.1, 0.15) is 15.9 Å². The van der Waals surface area contributed by atoms with E-state index in [2.05, 4.69) is 5.32 Å². The van der Waals surface area contributed by atoms with Crippen molar-refractivity contribution in [2.75, 3.05) is 33.1 Å². The van der Waals surface area contributed by atoms with Crippen molar-refractivity contribution in [3.63, 3.8) is 0 Å². The highest BCUT2D eigenvalue weighted by Gasteiger charge is 2.11. The Labute approximate surface area is 107 Å². The number of carbonyl (C=O) groups excluding carboxylic acids is 1. The number of nitrogens with two attached hydrogens (primary N) is 1. The molecule has 1 aromatic rings. The molecule has 0 aliphatic heterocycles. The van der Waals surface area contributed by atoms with Gasteiger partial charge in [-0.15, -0.1) is 0 Å². The number of ether oxygens (including phenoxy) is 2. The molecule has 1 aromatic carbocycles. The molecular formula is C13H20N2O3. The lowest BCUT2D eigenvalue weighted by Gasteiger charge is -2.15. The van der Waals surface area contributed by atoms with Crippen molar-refractivity contribution in [3.8, 4) is 0 Å². The third kappa shape index (κ3) is 4.35. The predicted octanol–water partition coefficient (Wildman–Crippen LogP) is 0.968. The van der Waals surface area contributed by atoms with E-state index < -0.39 is 0 Å². The molecule has 0 fully saturated rings. The fourth-order valence-electron chi connectivity index (χ4n) is 1.65. The van der Waals surface area contributed by atoms with E-state index in [4.69, 9.17) is 15.2 Å². The summed E-state index contributed by atoms with van der Waals surface area (Å²) < 4.78 is 10.1. The Hall–Kier alpha value is -1.59. The van der Waals surface area contributed by atoms with Gasteiger partial charge in [-0.25, -0.2) is 0 Å². The number of nitrogen functional groups attached to an aromatic ring is 1. The number of methoxy groups -OCH3 is 2. The van der Waals surface area contributed by atoms with Gasteiger partial charge in [0.2, 0.25) is 0 Å². The second kappa shape index (κ2) is 6.98. The van der Waals surface area contributed by atoms with Crippen LogP contribution in [0.25, 0.3) is 0 Å². The maximum absolute atomic E-state index is 11.9. The van der Waals surface area contributed by atoms with Crippen LogP contribution in [-0.4, -0.2) is 39.4 Å². The van der Waals surface area contributed by atoms with Crippen molar-refractivity contribution in [2.45, 2.75) is 13.0 Å². The molecule has 0 aromatic heterocycles. The standard InChI is InChI=1S/C13H20N2O3/c1-9-4-10(6-11(14)5-9)13(16)15-7-12(18-3)8-17-2/h4-6,12H,7-8,14H2,1-3H3,(H,15,16). The number of amides is 1. The lowest BCUT2D eigenvalue weighted by molar-refractivity contribution is 0.0285. The first-order valence-electron chi connectivity index (χ1n) is 5.74. The number of nitrogens with one attached hydrogen (secondary N) is 1. The van der Waals surface area contributed by atoms with Crippen LogP contribution >= 0.6 is 0 Å². The summed E-state index contributed by atoms with van der Waals surface area (Å²) in [6.07, 6.45) is -0.152. The molecule has 0 bridgehead atoms. The van der Waals surface area contributed by atoms with Crippen molar-refractivity contribution >= 4 is 11.6 Å². The second-order valence-corrected chi connectivity index (χ2v) is 4.16. The summed E-state index contributed by atoms with van der Waals surface area (Å²) in [5.41, 5.74) is 7.80. The second-order valence-electron chi connectivity index (χ2n) is 4.16. The van der Waals surface area contributed by atoms with E-state index in [-0.39, 0.29) is 12.0 Å². The summed E-state index contributed by atoms with van der Waals surface area (Å²) in [6, 6.07) is 5.27. The monoisotopic (exact) mass is 252 g/mol. The molecule has 0 aliphatic rings. The van der Waals surface area contributed by atoms with Gasteiger partial charge < -0.3 is 20.5 Å². The molecule has 1 unspecified atom stereocenters. The maximum atomic E-state index is 11.9. The van der Waals surface area contributed by atoms with Gasteiger partial charge >= 0.3 is 0 Å². The Morgan fingerprint density at radius 3 is 2.67 bits per heavy atom. The lowest BCUT2D eigenvalue weighted by atomic mass is 10.1.